The standard InChI is InChI=1S/C12H15FN2O/c1-9-7-10(3-4-11(9)13)12(8-14)15-5-2-6-16/h3-4,7,12,15-16H,2,5-6H2,1H3. The van der Waals surface area contributed by atoms with Crippen LogP contribution >= 0.6 is 0 Å². The Balaban J connectivity index is 2.72. The molecule has 0 bridgehead atoms. The number of rotatable bonds is 5. The second-order valence-corrected chi connectivity index (χ2v) is 3.60. The molecule has 0 spiro atoms. The van der Waals surface area contributed by atoms with Crippen molar-refractivity contribution in [2.24, 2.45) is 0 Å². The van der Waals surface area contributed by atoms with Crippen molar-refractivity contribution in [2.75, 3.05) is 13.2 Å². The van der Waals surface area contributed by atoms with Crippen molar-refractivity contribution in [2.45, 2.75) is 19.4 Å². The van der Waals surface area contributed by atoms with Crippen molar-refractivity contribution >= 4 is 0 Å². The summed E-state index contributed by atoms with van der Waals surface area (Å²) >= 11 is 0. The maximum Gasteiger partial charge on any atom is 0.126 e. The van der Waals surface area contributed by atoms with Gasteiger partial charge in [-0.2, -0.15) is 5.26 Å². The molecule has 0 aliphatic carbocycles. The number of aliphatic hydroxyl groups excluding tert-OH is 1. The van der Waals surface area contributed by atoms with Gasteiger partial charge in [0.15, 0.2) is 0 Å². The van der Waals surface area contributed by atoms with Crippen LogP contribution in [0.15, 0.2) is 18.2 Å². The molecule has 0 heterocycles. The first-order valence-electron chi connectivity index (χ1n) is 5.19. The molecule has 0 amide bonds. The molecular weight excluding hydrogens is 207 g/mol. The third kappa shape index (κ3) is 3.30. The van der Waals surface area contributed by atoms with E-state index in [1.165, 1.54) is 6.07 Å². The maximum atomic E-state index is 13.0. The number of halogens is 1. The Morgan fingerprint density at radius 3 is 2.88 bits per heavy atom. The SMILES string of the molecule is Cc1cc(C(C#N)NCCCO)ccc1F. The van der Waals surface area contributed by atoms with Crippen molar-refractivity contribution < 1.29 is 9.50 Å². The molecule has 0 saturated heterocycles. The minimum atomic E-state index is -0.453. The van der Waals surface area contributed by atoms with Crippen LogP contribution in [0.1, 0.15) is 23.6 Å². The largest absolute Gasteiger partial charge is 0.396 e. The van der Waals surface area contributed by atoms with E-state index in [1.807, 2.05) is 0 Å². The van der Waals surface area contributed by atoms with Crippen molar-refractivity contribution in [1.29, 1.82) is 5.26 Å². The van der Waals surface area contributed by atoms with Gasteiger partial charge in [-0.05, 0) is 37.1 Å². The zero-order valence-corrected chi connectivity index (χ0v) is 9.20. The van der Waals surface area contributed by atoms with Gasteiger partial charge < -0.3 is 5.11 Å². The van der Waals surface area contributed by atoms with Gasteiger partial charge >= 0.3 is 0 Å². The summed E-state index contributed by atoms with van der Waals surface area (Å²) < 4.78 is 13.0. The van der Waals surface area contributed by atoms with E-state index in [9.17, 15) is 4.39 Å². The minimum absolute atomic E-state index is 0.0909. The molecule has 86 valence electrons. The van der Waals surface area contributed by atoms with Crippen molar-refractivity contribution in [3.8, 4) is 6.07 Å². The van der Waals surface area contributed by atoms with Gasteiger partial charge in [0.05, 0.1) is 6.07 Å². The fraction of sp³-hybridized carbons (Fsp3) is 0.417. The van der Waals surface area contributed by atoms with E-state index < -0.39 is 6.04 Å². The number of nitrogens with one attached hydrogen (secondary N) is 1. The highest BCUT2D eigenvalue weighted by atomic mass is 19.1. The van der Waals surface area contributed by atoms with E-state index in [0.29, 0.717) is 18.5 Å². The molecule has 1 aromatic carbocycles. The normalized spacial score (nSPS) is 12.1. The summed E-state index contributed by atoms with van der Waals surface area (Å²) in [5, 5.41) is 20.6. The first-order valence-corrected chi connectivity index (χ1v) is 5.19. The van der Waals surface area contributed by atoms with Crippen LogP contribution in [0.25, 0.3) is 0 Å². The molecule has 2 N–H and O–H groups in total. The Morgan fingerprint density at radius 1 is 1.56 bits per heavy atom. The minimum Gasteiger partial charge on any atom is -0.396 e. The number of nitrogens with zero attached hydrogens (tertiary/aromatic N) is 1. The summed E-state index contributed by atoms with van der Waals surface area (Å²) in [5.41, 5.74) is 1.28. The fourth-order valence-electron chi connectivity index (χ4n) is 1.41. The number of hydrogen-bond acceptors (Lipinski definition) is 3. The molecule has 0 saturated carbocycles. The quantitative estimate of drug-likeness (QED) is 0.745. The number of aryl methyl sites for hydroxylation is 1. The monoisotopic (exact) mass is 222 g/mol. The first-order chi connectivity index (χ1) is 7.69. The molecule has 1 unspecified atom stereocenters. The van der Waals surface area contributed by atoms with Crippen molar-refractivity contribution in [3.63, 3.8) is 0 Å². The number of hydrogen-bond donors (Lipinski definition) is 2. The van der Waals surface area contributed by atoms with Gasteiger partial charge in [-0.25, -0.2) is 4.39 Å². The van der Waals surface area contributed by atoms with Crippen LogP contribution in [0.2, 0.25) is 0 Å². The van der Waals surface area contributed by atoms with Gasteiger partial charge in [-0.15, -0.1) is 0 Å². The summed E-state index contributed by atoms with van der Waals surface area (Å²) in [6.07, 6.45) is 0.596. The molecule has 16 heavy (non-hydrogen) atoms. The summed E-state index contributed by atoms with van der Waals surface area (Å²) in [7, 11) is 0. The molecule has 0 aliphatic rings. The Labute approximate surface area is 94.5 Å². The molecule has 0 radical (unpaired) electrons. The molecule has 0 aliphatic heterocycles. The van der Waals surface area contributed by atoms with E-state index in [-0.39, 0.29) is 12.4 Å². The van der Waals surface area contributed by atoms with Gasteiger partial charge in [-0.3, -0.25) is 5.32 Å². The predicted octanol–water partition coefficient (Wildman–Crippen LogP) is 1.67. The number of nitriles is 1. The third-order valence-electron chi connectivity index (χ3n) is 2.33. The third-order valence-corrected chi connectivity index (χ3v) is 2.33. The van der Waals surface area contributed by atoms with E-state index >= 15 is 0 Å². The van der Waals surface area contributed by atoms with E-state index in [0.717, 1.165) is 5.56 Å². The molecule has 1 atom stereocenters. The molecular formula is C12H15FN2O. The van der Waals surface area contributed by atoms with Crippen molar-refractivity contribution in [1.82, 2.24) is 5.32 Å². The fourth-order valence-corrected chi connectivity index (χ4v) is 1.41. The predicted molar refractivity (Wildman–Crippen MR) is 59.2 cm³/mol. The average Bonchev–Trinajstić information content (AvgIpc) is 2.29. The second kappa shape index (κ2) is 6.21. The van der Waals surface area contributed by atoms with Crippen LogP contribution in [0.4, 0.5) is 4.39 Å². The van der Waals surface area contributed by atoms with Gasteiger partial charge in [0.2, 0.25) is 0 Å². The second-order valence-electron chi connectivity index (χ2n) is 3.60. The van der Waals surface area contributed by atoms with Crippen LogP contribution in [0.3, 0.4) is 0 Å². The van der Waals surface area contributed by atoms with Crippen LogP contribution in [0.5, 0.6) is 0 Å². The Morgan fingerprint density at radius 2 is 2.31 bits per heavy atom. The average molecular weight is 222 g/mol. The van der Waals surface area contributed by atoms with Crippen LogP contribution in [-0.2, 0) is 0 Å². The maximum absolute atomic E-state index is 13.0. The van der Waals surface area contributed by atoms with E-state index in [1.54, 1.807) is 19.1 Å². The van der Waals surface area contributed by atoms with Crippen LogP contribution in [0, 0.1) is 24.1 Å². The van der Waals surface area contributed by atoms with Gasteiger partial charge in [-0.1, -0.05) is 12.1 Å². The number of aliphatic hydroxyl groups is 1. The van der Waals surface area contributed by atoms with Crippen molar-refractivity contribution in [3.05, 3.63) is 35.1 Å². The molecule has 0 aromatic heterocycles. The molecule has 4 heteroatoms. The highest BCUT2D eigenvalue weighted by Crippen LogP contribution is 2.16. The van der Waals surface area contributed by atoms with Gasteiger partial charge in [0.25, 0.3) is 0 Å². The highest BCUT2D eigenvalue weighted by Gasteiger charge is 2.10. The zero-order chi connectivity index (χ0) is 12.0. The summed E-state index contributed by atoms with van der Waals surface area (Å²) in [5.74, 6) is -0.268. The Hall–Kier alpha value is -1.44. The van der Waals surface area contributed by atoms with Crippen LogP contribution < -0.4 is 5.32 Å². The molecule has 0 fully saturated rings. The molecule has 1 aromatic rings. The van der Waals surface area contributed by atoms with Gasteiger partial charge in [0, 0.05) is 6.61 Å². The summed E-state index contributed by atoms with van der Waals surface area (Å²) in [6, 6.07) is 6.28. The van der Waals surface area contributed by atoms with E-state index in [4.69, 9.17) is 10.4 Å². The lowest BCUT2D eigenvalue weighted by Gasteiger charge is -2.12. The summed E-state index contributed by atoms with van der Waals surface area (Å²) in [6.45, 7) is 2.32. The topological polar surface area (TPSA) is 56.0 Å². The Kier molecular flexibility index (Phi) is 4.90. The summed E-state index contributed by atoms with van der Waals surface area (Å²) in [4.78, 5) is 0. The van der Waals surface area contributed by atoms with Crippen LogP contribution in [-0.4, -0.2) is 18.3 Å². The zero-order valence-electron chi connectivity index (χ0n) is 9.20. The van der Waals surface area contributed by atoms with E-state index in [2.05, 4.69) is 11.4 Å². The lowest BCUT2D eigenvalue weighted by Crippen LogP contribution is -2.22. The highest BCUT2D eigenvalue weighted by molar-refractivity contribution is 5.29. The number of benzene rings is 1. The lowest BCUT2D eigenvalue weighted by atomic mass is 10.0. The molecule has 1 rings (SSSR count). The molecule has 3 nitrogen and oxygen atoms in total. The Bertz CT molecular complexity index is 387. The smallest absolute Gasteiger partial charge is 0.126 e. The lowest BCUT2D eigenvalue weighted by molar-refractivity contribution is 0.285. The van der Waals surface area contributed by atoms with Gasteiger partial charge in [0.1, 0.15) is 11.9 Å². The first kappa shape index (κ1) is 12.6.